The highest BCUT2D eigenvalue weighted by Gasteiger charge is 2.37. The van der Waals surface area contributed by atoms with Crippen LogP contribution in [0.1, 0.15) is 58.3 Å². The number of nitrogens with zero attached hydrogens (tertiary/aromatic N) is 1. The summed E-state index contributed by atoms with van der Waals surface area (Å²) < 4.78 is 53.2. The molecule has 4 nitrogen and oxygen atoms in total. The van der Waals surface area contributed by atoms with Crippen LogP contribution in [0.4, 0.5) is 23.2 Å². The second kappa shape index (κ2) is 11.7. The Bertz CT molecular complexity index is 1250. The van der Waals surface area contributed by atoms with E-state index >= 15 is 0 Å². The highest BCUT2D eigenvalue weighted by molar-refractivity contribution is 6.01. The first-order valence-corrected chi connectivity index (χ1v) is 12.8. The van der Waals surface area contributed by atoms with Crippen LogP contribution in [0.3, 0.4) is 0 Å². The minimum Gasteiger partial charge on any atom is -0.385 e. The van der Waals surface area contributed by atoms with E-state index in [1.807, 2.05) is 31.2 Å². The summed E-state index contributed by atoms with van der Waals surface area (Å²) in [5, 5.41) is 14.2. The van der Waals surface area contributed by atoms with E-state index in [2.05, 4.69) is 10.2 Å². The van der Waals surface area contributed by atoms with E-state index in [-0.39, 0.29) is 17.8 Å². The molecule has 0 spiro atoms. The molecule has 0 aliphatic carbocycles. The molecular formula is C30H32F4N2O2. The normalized spacial score (nSPS) is 15.8. The number of hydrogen-bond donors (Lipinski definition) is 2. The third-order valence-corrected chi connectivity index (χ3v) is 7.17. The molecule has 0 atom stereocenters. The number of anilines is 1. The van der Waals surface area contributed by atoms with Crippen LogP contribution < -0.4 is 5.32 Å². The molecule has 3 aromatic carbocycles. The molecule has 1 heterocycles. The molecule has 1 saturated heterocycles. The van der Waals surface area contributed by atoms with Crippen LogP contribution in [0.5, 0.6) is 0 Å². The summed E-state index contributed by atoms with van der Waals surface area (Å²) in [5.74, 6) is -0.511. The lowest BCUT2D eigenvalue weighted by molar-refractivity contribution is -0.137. The van der Waals surface area contributed by atoms with Gasteiger partial charge >= 0.3 is 6.18 Å². The number of piperidine rings is 1. The monoisotopic (exact) mass is 528 g/mol. The van der Waals surface area contributed by atoms with Gasteiger partial charge in [-0.15, -0.1) is 0 Å². The van der Waals surface area contributed by atoms with Gasteiger partial charge in [0.25, 0.3) is 0 Å². The number of aryl methyl sites for hydroxylation is 1. The first-order valence-electron chi connectivity index (χ1n) is 12.8. The van der Waals surface area contributed by atoms with Crippen molar-refractivity contribution >= 4 is 11.5 Å². The van der Waals surface area contributed by atoms with E-state index < -0.39 is 23.2 Å². The van der Waals surface area contributed by atoms with E-state index in [4.69, 9.17) is 0 Å². The number of likely N-dealkylation sites (tertiary alicyclic amines) is 1. The predicted molar refractivity (Wildman–Crippen MR) is 139 cm³/mol. The second-order valence-electron chi connectivity index (χ2n) is 10.0. The van der Waals surface area contributed by atoms with Crippen molar-refractivity contribution in [3.63, 3.8) is 0 Å². The summed E-state index contributed by atoms with van der Waals surface area (Å²) in [4.78, 5) is 15.1. The zero-order valence-corrected chi connectivity index (χ0v) is 21.3. The maximum Gasteiger partial charge on any atom is 0.416 e. The largest absolute Gasteiger partial charge is 0.416 e. The summed E-state index contributed by atoms with van der Waals surface area (Å²) >= 11 is 0. The molecule has 0 saturated carbocycles. The quantitative estimate of drug-likeness (QED) is 0.239. The van der Waals surface area contributed by atoms with E-state index in [9.17, 15) is 27.5 Å². The lowest BCUT2D eigenvalue weighted by atomic mass is 9.83. The molecule has 8 heteroatoms. The highest BCUT2D eigenvalue weighted by atomic mass is 19.4. The van der Waals surface area contributed by atoms with Crippen LogP contribution in [0.25, 0.3) is 0 Å². The molecule has 2 N–H and O–H groups in total. The number of carbonyl (C=O) groups is 1. The molecule has 0 amide bonds. The number of benzene rings is 3. The first-order chi connectivity index (χ1) is 18.0. The molecule has 202 valence electrons. The Morgan fingerprint density at radius 2 is 1.74 bits per heavy atom. The Labute approximate surface area is 220 Å². The average Bonchev–Trinajstić information content (AvgIpc) is 2.89. The van der Waals surface area contributed by atoms with Crippen LogP contribution in [0.15, 0.2) is 66.7 Å². The highest BCUT2D eigenvalue weighted by Crippen LogP contribution is 2.36. The number of aliphatic hydroxyl groups is 1. The fraction of sp³-hybridized carbons (Fsp3) is 0.367. The standard InChI is InChI=1S/C30H32F4N2O2/c1-21-7-9-22(10-8-21)20-35-27-19-25(31)11-12-26(27)28(37)6-3-15-36-16-13-29(38,14-17-36)23-4-2-5-24(18-23)30(32,33)34/h2,4-5,7-12,18-19,35,38H,3,6,13-17,20H2,1H3. The van der Waals surface area contributed by atoms with Crippen LogP contribution in [0, 0.1) is 12.7 Å². The van der Waals surface area contributed by atoms with Crippen molar-refractivity contribution in [2.45, 2.75) is 50.9 Å². The van der Waals surface area contributed by atoms with Gasteiger partial charge in [-0.3, -0.25) is 4.79 Å². The number of alkyl halides is 3. The Hall–Kier alpha value is -3.23. The lowest BCUT2D eigenvalue weighted by Crippen LogP contribution is -2.43. The van der Waals surface area contributed by atoms with Gasteiger partial charge in [-0.2, -0.15) is 13.2 Å². The zero-order valence-electron chi connectivity index (χ0n) is 21.3. The zero-order chi connectivity index (χ0) is 27.3. The molecule has 1 fully saturated rings. The summed E-state index contributed by atoms with van der Waals surface area (Å²) in [7, 11) is 0. The Morgan fingerprint density at radius 3 is 2.42 bits per heavy atom. The van der Waals surface area contributed by atoms with Gasteiger partial charge in [0.1, 0.15) is 5.82 Å². The minimum absolute atomic E-state index is 0.0890. The molecule has 0 unspecified atom stereocenters. The van der Waals surface area contributed by atoms with Crippen molar-refractivity contribution in [1.82, 2.24) is 4.90 Å². The van der Waals surface area contributed by atoms with E-state index in [0.29, 0.717) is 56.7 Å². The molecule has 0 radical (unpaired) electrons. The van der Waals surface area contributed by atoms with Gasteiger partial charge in [-0.1, -0.05) is 42.0 Å². The average molecular weight is 529 g/mol. The molecule has 1 aliphatic heterocycles. The van der Waals surface area contributed by atoms with Crippen molar-refractivity contribution in [1.29, 1.82) is 0 Å². The van der Waals surface area contributed by atoms with Crippen molar-refractivity contribution in [2.75, 3.05) is 25.0 Å². The number of carbonyl (C=O) groups excluding carboxylic acids is 1. The topological polar surface area (TPSA) is 52.6 Å². The Kier molecular flexibility index (Phi) is 8.53. The SMILES string of the molecule is Cc1ccc(CNc2cc(F)ccc2C(=O)CCCN2CCC(O)(c3cccc(C(F)(F)F)c3)CC2)cc1. The fourth-order valence-electron chi connectivity index (χ4n) is 4.83. The van der Waals surface area contributed by atoms with Crippen molar-refractivity contribution in [2.24, 2.45) is 0 Å². The molecule has 4 rings (SSSR count). The first kappa shape index (κ1) is 27.8. The Morgan fingerprint density at radius 1 is 1.03 bits per heavy atom. The minimum atomic E-state index is -4.46. The third kappa shape index (κ3) is 6.99. The van der Waals surface area contributed by atoms with E-state index in [1.54, 1.807) is 0 Å². The van der Waals surface area contributed by atoms with Gasteiger partial charge in [-0.05, 0) is 74.2 Å². The van der Waals surface area contributed by atoms with Gasteiger partial charge in [-0.25, -0.2) is 4.39 Å². The number of hydrogen-bond acceptors (Lipinski definition) is 4. The predicted octanol–water partition coefficient (Wildman–Crippen LogP) is 6.71. The maximum absolute atomic E-state index is 13.9. The van der Waals surface area contributed by atoms with Crippen molar-refractivity contribution in [3.05, 3.63) is 100 Å². The van der Waals surface area contributed by atoms with Crippen LogP contribution in [-0.2, 0) is 18.3 Å². The van der Waals surface area contributed by atoms with Crippen LogP contribution in [-0.4, -0.2) is 35.4 Å². The van der Waals surface area contributed by atoms with Crippen molar-refractivity contribution in [3.8, 4) is 0 Å². The number of halogens is 4. The molecule has 0 aromatic heterocycles. The molecule has 1 aliphatic rings. The summed E-state index contributed by atoms with van der Waals surface area (Å²) in [6, 6.07) is 17.0. The number of rotatable bonds is 9. The van der Waals surface area contributed by atoms with Gasteiger partial charge < -0.3 is 15.3 Å². The summed E-state index contributed by atoms with van der Waals surface area (Å²) in [6.07, 6.45) is -2.98. The molecule has 38 heavy (non-hydrogen) atoms. The lowest BCUT2D eigenvalue weighted by Gasteiger charge is -2.38. The summed E-state index contributed by atoms with van der Waals surface area (Å²) in [6.45, 7) is 4.12. The van der Waals surface area contributed by atoms with E-state index in [1.165, 1.54) is 30.3 Å². The number of Topliss-reactive ketones (excluding diaryl/α,β-unsaturated/α-hetero) is 1. The Balaban J connectivity index is 1.29. The second-order valence-corrected chi connectivity index (χ2v) is 10.0. The molecule has 3 aromatic rings. The number of ketones is 1. The third-order valence-electron chi connectivity index (χ3n) is 7.17. The van der Waals surface area contributed by atoms with Crippen molar-refractivity contribution < 1.29 is 27.5 Å². The maximum atomic E-state index is 13.9. The number of nitrogens with one attached hydrogen (secondary N) is 1. The van der Waals surface area contributed by atoms with Gasteiger partial charge in [0.15, 0.2) is 5.78 Å². The molecular weight excluding hydrogens is 496 g/mol. The van der Waals surface area contributed by atoms with Crippen LogP contribution >= 0.6 is 0 Å². The van der Waals surface area contributed by atoms with Crippen LogP contribution in [0.2, 0.25) is 0 Å². The van der Waals surface area contributed by atoms with E-state index in [0.717, 1.165) is 23.3 Å². The summed E-state index contributed by atoms with van der Waals surface area (Å²) in [5.41, 5.74) is 1.27. The fourth-order valence-corrected chi connectivity index (χ4v) is 4.83. The van der Waals surface area contributed by atoms with Gasteiger partial charge in [0.2, 0.25) is 0 Å². The van der Waals surface area contributed by atoms with Gasteiger partial charge in [0.05, 0.1) is 11.2 Å². The van der Waals surface area contributed by atoms with Gasteiger partial charge in [0, 0.05) is 37.3 Å². The molecule has 0 bridgehead atoms. The smallest absolute Gasteiger partial charge is 0.385 e.